The number of aliphatic hydroxyl groups is 1. The molecule has 0 spiro atoms. The molecule has 0 amide bonds. The minimum Gasteiger partial charge on any atom is -0.481 e. The average molecular weight is 296 g/mol. The molecule has 0 aromatic carbocycles. The molecule has 5 nitrogen and oxygen atoms in total. The smallest absolute Gasteiger partial charge is 0.303 e. The van der Waals surface area contributed by atoms with E-state index < -0.39 is 23.9 Å². The monoisotopic (exact) mass is 296 g/mol. The second kappa shape index (κ2) is 8.72. The number of carbonyl (C=O) groups excluding carboxylic acids is 2. The third-order valence-electron chi connectivity index (χ3n) is 3.93. The van der Waals surface area contributed by atoms with Crippen molar-refractivity contribution in [3.8, 4) is 0 Å². The van der Waals surface area contributed by atoms with E-state index in [-0.39, 0.29) is 30.8 Å². The van der Waals surface area contributed by atoms with Crippen LogP contribution in [0.1, 0.15) is 51.9 Å². The van der Waals surface area contributed by atoms with Crippen LogP contribution < -0.4 is 0 Å². The number of allylic oxidation sites excluding steroid dienone is 1. The molecule has 3 atom stereocenters. The molecule has 21 heavy (non-hydrogen) atoms. The highest BCUT2D eigenvalue weighted by atomic mass is 16.4. The predicted molar refractivity (Wildman–Crippen MR) is 77.8 cm³/mol. The number of unbranched alkanes of at least 4 members (excludes halogenated alkanes) is 2. The summed E-state index contributed by atoms with van der Waals surface area (Å²) in [5, 5.41) is 18.6. The van der Waals surface area contributed by atoms with Gasteiger partial charge in [-0.15, -0.1) is 0 Å². The van der Waals surface area contributed by atoms with E-state index in [9.17, 15) is 19.5 Å². The standard InChI is InChI=1S/C16H24O5/c1-2-3-4-5-11(17)6-7-12-13(8-9-16(20)21)15(19)10-14(12)18/h6-7,12-14,18H,2-5,8-10H2,1H3,(H,20,21)/b7-6+. The molecular weight excluding hydrogens is 272 g/mol. The normalized spacial score (nSPS) is 25.6. The van der Waals surface area contributed by atoms with E-state index in [1.165, 1.54) is 6.08 Å². The summed E-state index contributed by atoms with van der Waals surface area (Å²) in [6.45, 7) is 2.06. The summed E-state index contributed by atoms with van der Waals surface area (Å²) in [5.41, 5.74) is 0. The van der Waals surface area contributed by atoms with Crippen molar-refractivity contribution in [2.75, 3.05) is 0 Å². The molecule has 0 radical (unpaired) electrons. The lowest BCUT2D eigenvalue weighted by Crippen LogP contribution is -2.19. The third kappa shape index (κ3) is 5.79. The Labute approximate surface area is 125 Å². The summed E-state index contributed by atoms with van der Waals surface area (Å²) >= 11 is 0. The Hall–Kier alpha value is -1.49. The molecule has 5 heteroatoms. The number of rotatable bonds is 9. The lowest BCUT2D eigenvalue weighted by Gasteiger charge is -2.16. The second-order valence-electron chi connectivity index (χ2n) is 5.64. The van der Waals surface area contributed by atoms with Crippen LogP contribution in [0, 0.1) is 11.8 Å². The van der Waals surface area contributed by atoms with Crippen LogP contribution in [0.5, 0.6) is 0 Å². The predicted octanol–water partition coefficient (Wildman–Crippen LogP) is 2.12. The van der Waals surface area contributed by atoms with Gasteiger partial charge in [-0.3, -0.25) is 14.4 Å². The lowest BCUT2D eigenvalue weighted by atomic mass is 9.89. The number of carboxylic acid groups (broad SMARTS) is 1. The molecule has 1 aliphatic rings. The van der Waals surface area contributed by atoms with Gasteiger partial charge >= 0.3 is 5.97 Å². The number of carbonyl (C=O) groups is 3. The Morgan fingerprint density at radius 1 is 1.29 bits per heavy atom. The molecule has 0 saturated heterocycles. The van der Waals surface area contributed by atoms with Gasteiger partial charge in [0.05, 0.1) is 6.10 Å². The number of aliphatic carboxylic acids is 1. The largest absolute Gasteiger partial charge is 0.481 e. The van der Waals surface area contributed by atoms with Gasteiger partial charge in [-0.25, -0.2) is 0 Å². The lowest BCUT2D eigenvalue weighted by molar-refractivity contribution is -0.137. The summed E-state index contributed by atoms with van der Waals surface area (Å²) in [6, 6.07) is 0. The van der Waals surface area contributed by atoms with Gasteiger partial charge in [0.15, 0.2) is 5.78 Å². The summed E-state index contributed by atoms with van der Waals surface area (Å²) in [4.78, 5) is 34.1. The number of ketones is 2. The highest BCUT2D eigenvalue weighted by molar-refractivity contribution is 5.90. The van der Waals surface area contributed by atoms with E-state index in [0.29, 0.717) is 6.42 Å². The van der Waals surface area contributed by atoms with Crippen molar-refractivity contribution < 1.29 is 24.6 Å². The van der Waals surface area contributed by atoms with Gasteiger partial charge in [-0.1, -0.05) is 25.8 Å². The third-order valence-corrected chi connectivity index (χ3v) is 3.93. The molecule has 3 unspecified atom stereocenters. The van der Waals surface area contributed by atoms with E-state index in [1.54, 1.807) is 6.08 Å². The van der Waals surface area contributed by atoms with Crippen LogP contribution in [0.4, 0.5) is 0 Å². The number of hydrogen-bond donors (Lipinski definition) is 2. The molecule has 1 fully saturated rings. The van der Waals surface area contributed by atoms with Crippen molar-refractivity contribution in [2.45, 2.75) is 58.0 Å². The summed E-state index contributed by atoms with van der Waals surface area (Å²) < 4.78 is 0. The summed E-state index contributed by atoms with van der Waals surface area (Å²) in [6.07, 6.45) is 5.75. The number of hydrogen-bond acceptors (Lipinski definition) is 4. The molecule has 1 aliphatic carbocycles. The maximum Gasteiger partial charge on any atom is 0.303 e. The molecule has 0 bridgehead atoms. The van der Waals surface area contributed by atoms with E-state index >= 15 is 0 Å². The van der Waals surface area contributed by atoms with Crippen molar-refractivity contribution in [1.82, 2.24) is 0 Å². The van der Waals surface area contributed by atoms with Gasteiger partial charge in [0.25, 0.3) is 0 Å². The highest BCUT2D eigenvalue weighted by Gasteiger charge is 2.39. The molecule has 0 heterocycles. The molecule has 0 aromatic heterocycles. The van der Waals surface area contributed by atoms with Crippen LogP contribution in [0.3, 0.4) is 0 Å². The zero-order valence-electron chi connectivity index (χ0n) is 12.5. The first-order valence-corrected chi connectivity index (χ1v) is 7.59. The van der Waals surface area contributed by atoms with E-state index in [0.717, 1.165) is 19.3 Å². The van der Waals surface area contributed by atoms with Gasteiger partial charge in [0.1, 0.15) is 5.78 Å². The number of aliphatic hydroxyl groups excluding tert-OH is 1. The van der Waals surface area contributed by atoms with E-state index in [1.807, 2.05) is 0 Å². The van der Waals surface area contributed by atoms with E-state index in [4.69, 9.17) is 5.11 Å². The zero-order chi connectivity index (χ0) is 15.8. The Balaban J connectivity index is 2.58. The quantitative estimate of drug-likeness (QED) is 0.502. The molecule has 0 aliphatic heterocycles. The highest BCUT2D eigenvalue weighted by Crippen LogP contribution is 2.33. The first kappa shape index (κ1) is 17.6. The van der Waals surface area contributed by atoms with Gasteiger partial charge in [-0.2, -0.15) is 0 Å². The van der Waals surface area contributed by atoms with Crippen LogP contribution in [0.15, 0.2) is 12.2 Å². The van der Waals surface area contributed by atoms with Crippen molar-refractivity contribution in [2.24, 2.45) is 11.8 Å². The Morgan fingerprint density at radius 3 is 2.62 bits per heavy atom. The van der Waals surface area contributed by atoms with Crippen LogP contribution in [-0.2, 0) is 14.4 Å². The van der Waals surface area contributed by atoms with Crippen LogP contribution in [0.25, 0.3) is 0 Å². The Bertz CT molecular complexity index is 413. The average Bonchev–Trinajstić information content (AvgIpc) is 2.68. The zero-order valence-corrected chi connectivity index (χ0v) is 12.5. The van der Waals surface area contributed by atoms with Gasteiger partial charge in [-0.05, 0) is 18.9 Å². The second-order valence-corrected chi connectivity index (χ2v) is 5.64. The molecule has 1 saturated carbocycles. The molecular formula is C16H24O5. The van der Waals surface area contributed by atoms with Gasteiger partial charge in [0.2, 0.25) is 0 Å². The number of Topliss-reactive ketones (excluding diaryl/α,β-unsaturated/α-hetero) is 1. The molecule has 2 N–H and O–H groups in total. The Kier molecular flexibility index (Phi) is 7.29. The van der Waals surface area contributed by atoms with Gasteiger partial charge < -0.3 is 10.2 Å². The van der Waals surface area contributed by atoms with Crippen LogP contribution >= 0.6 is 0 Å². The van der Waals surface area contributed by atoms with Crippen molar-refractivity contribution in [3.63, 3.8) is 0 Å². The maximum absolute atomic E-state index is 11.8. The van der Waals surface area contributed by atoms with Crippen molar-refractivity contribution in [3.05, 3.63) is 12.2 Å². The summed E-state index contributed by atoms with van der Waals surface area (Å²) in [7, 11) is 0. The SMILES string of the molecule is CCCCCC(=O)/C=C/C1C(O)CC(=O)C1CCC(=O)O. The topological polar surface area (TPSA) is 91.7 Å². The Morgan fingerprint density at radius 2 is 2.00 bits per heavy atom. The molecule has 118 valence electrons. The minimum absolute atomic E-state index is 0.00742. The fourth-order valence-electron chi connectivity index (χ4n) is 2.72. The van der Waals surface area contributed by atoms with E-state index in [2.05, 4.69) is 6.92 Å². The van der Waals surface area contributed by atoms with Crippen molar-refractivity contribution in [1.29, 1.82) is 0 Å². The minimum atomic E-state index is -0.956. The van der Waals surface area contributed by atoms with Gasteiger partial charge in [0, 0.05) is 31.1 Å². The first-order chi connectivity index (χ1) is 9.95. The van der Waals surface area contributed by atoms with Crippen LogP contribution in [-0.4, -0.2) is 33.9 Å². The number of carboxylic acids is 1. The fraction of sp³-hybridized carbons (Fsp3) is 0.688. The molecule has 0 aromatic rings. The molecule has 1 rings (SSSR count). The van der Waals surface area contributed by atoms with Crippen LogP contribution in [0.2, 0.25) is 0 Å². The fourth-order valence-corrected chi connectivity index (χ4v) is 2.72. The first-order valence-electron chi connectivity index (χ1n) is 7.59. The maximum atomic E-state index is 11.8. The van der Waals surface area contributed by atoms with Crippen molar-refractivity contribution >= 4 is 17.5 Å². The summed E-state index contributed by atoms with van der Waals surface area (Å²) in [5.74, 6) is -2.01.